The number of piperazine rings is 1. The van der Waals surface area contributed by atoms with Gasteiger partial charge in [-0.2, -0.15) is 0 Å². The molecular weight excluding hydrogens is 263 g/mol. The number of nitrogens with zero attached hydrogens (tertiary/aromatic N) is 3. The lowest BCUT2D eigenvalue weighted by Gasteiger charge is -2.26. The predicted octanol–water partition coefficient (Wildman–Crippen LogP) is 1.67. The van der Waals surface area contributed by atoms with Gasteiger partial charge in [-0.3, -0.25) is 4.90 Å². The Bertz CT molecular complexity index is 577. The standard InChI is InChI=1S/C13H17FN4S/c1-17-12-3-2-10(14)8-11(12)16-13(17)19-9-18-6-4-15-5-7-18/h2-3,8,15H,4-7,9H2,1H3. The number of aromatic nitrogens is 2. The summed E-state index contributed by atoms with van der Waals surface area (Å²) in [6.45, 7) is 4.25. The van der Waals surface area contributed by atoms with Crippen LogP contribution in [0.4, 0.5) is 4.39 Å². The fraction of sp³-hybridized carbons (Fsp3) is 0.462. The largest absolute Gasteiger partial charge is 0.322 e. The van der Waals surface area contributed by atoms with Crippen LogP contribution in [0.5, 0.6) is 0 Å². The molecule has 1 aromatic carbocycles. The van der Waals surface area contributed by atoms with Crippen molar-refractivity contribution < 1.29 is 4.39 Å². The number of aryl methyl sites for hydroxylation is 1. The summed E-state index contributed by atoms with van der Waals surface area (Å²) < 4.78 is 15.2. The Morgan fingerprint density at radius 3 is 2.95 bits per heavy atom. The van der Waals surface area contributed by atoms with E-state index in [1.165, 1.54) is 12.1 Å². The molecule has 0 aliphatic carbocycles. The van der Waals surface area contributed by atoms with E-state index in [0.717, 1.165) is 48.2 Å². The van der Waals surface area contributed by atoms with E-state index in [0.29, 0.717) is 0 Å². The molecule has 0 unspecified atom stereocenters. The second kappa shape index (κ2) is 5.48. The van der Waals surface area contributed by atoms with Crippen LogP contribution in [0, 0.1) is 5.82 Å². The van der Waals surface area contributed by atoms with E-state index in [4.69, 9.17) is 0 Å². The molecule has 102 valence electrons. The quantitative estimate of drug-likeness (QED) is 0.867. The highest BCUT2D eigenvalue weighted by Gasteiger charge is 2.13. The van der Waals surface area contributed by atoms with E-state index in [1.54, 1.807) is 17.8 Å². The van der Waals surface area contributed by atoms with Crippen LogP contribution in [0.3, 0.4) is 0 Å². The molecule has 1 aliphatic heterocycles. The van der Waals surface area contributed by atoms with Gasteiger partial charge in [0.2, 0.25) is 0 Å². The molecule has 1 fully saturated rings. The third kappa shape index (κ3) is 2.75. The fourth-order valence-corrected chi connectivity index (χ4v) is 3.28. The maximum absolute atomic E-state index is 13.2. The van der Waals surface area contributed by atoms with Crippen molar-refractivity contribution in [2.45, 2.75) is 5.16 Å². The Hall–Kier alpha value is -1.11. The molecule has 4 nitrogen and oxygen atoms in total. The molecule has 3 rings (SSSR count). The van der Waals surface area contributed by atoms with Crippen LogP contribution >= 0.6 is 11.8 Å². The second-order valence-electron chi connectivity index (χ2n) is 4.73. The van der Waals surface area contributed by atoms with Crippen molar-refractivity contribution in [3.8, 4) is 0 Å². The van der Waals surface area contributed by atoms with Crippen LogP contribution in [0.1, 0.15) is 0 Å². The van der Waals surface area contributed by atoms with Gasteiger partial charge in [-0.05, 0) is 12.1 Å². The lowest BCUT2D eigenvalue weighted by molar-refractivity contribution is 0.280. The normalized spacial score (nSPS) is 17.2. The minimum atomic E-state index is -0.232. The molecule has 0 saturated carbocycles. The molecule has 0 radical (unpaired) electrons. The van der Waals surface area contributed by atoms with Gasteiger partial charge in [0.05, 0.1) is 16.9 Å². The molecular formula is C13H17FN4S. The minimum absolute atomic E-state index is 0.232. The van der Waals surface area contributed by atoms with Crippen LogP contribution in [-0.2, 0) is 7.05 Å². The summed E-state index contributed by atoms with van der Waals surface area (Å²) in [4.78, 5) is 6.90. The van der Waals surface area contributed by atoms with Gasteiger partial charge < -0.3 is 9.88 Å². The zero-order chi connectivity index (χ0) is 13.2. The van der Waals surface area contributed by atoms with Crippen molar-refractivity contribution in [1.29, 1.82) is 0 Å². The molecule has 0 bridgehead atoms. The number of nitrogens with one attached hydrogen (secondary N) is 1. The fourth-order valence-electron chi connectivity index (χ4n) is 2.27. The second-order valence-corrected chi connectivity index (χ2v) is 5.64. The first-order valence-corrected chi connectivity index (χ1v) is 7.40. The van der Waals surface area contributed by atoms with Gasteiger partial charge in [0.1, 0.15) is 5.82 Å². The first-order valence-electron chi connectivity index (χ1n) is 6.42. The maximum Gasteiger partial charge on any atom is 0.170 e. The number of imidazole rings is 1. The van der Waals surface area contributed by atoms with Crippen LogP contribution in [0.25, 0.3) is 11.0 Å². The van der Waals surface area contributed by atoms with Gasteiger partial charge in [0, 0.05) is 39.3 Å². The third-order valence-electron chi connectivity index (χ3n) is 3.39. The minimum Gasteiger partial charge on any atom is -0.322 e. The van der Waals surface area contributed by atoms with Gasteiger partial charge >= 0.3 is 0 Å². The van der Waals surface area contributed by atoms with Crippen LogP contribution in [-0.4, -0.2) is 46.5 Å². The molecule has 6 heteroatoms. The first-order chi connectivity index (χ1) is 9.24. The highest BCUT2D eigenvalue weighted by molar-refractivity contribution is 7.99. The number of fused-ring (bicyclic) bond motifs is 1. The Morgan fingerprint density at radius 1 is 1.37 bits per heavy atom. The summed E-state index contributed by atoms with van der Waals surface area (Å²) in [6.07, 6.45) is 0. The average molecular weight is 280 g/mol. The van der Waals surface area contributed by atoms with Crippen molar-refractivity contribution >= 4 is 22.8 Å². The molecule has 1 aliphatic rings. The van der Waals surface area contributed by atoms with Crippen molar-refractivity contribution in [1.82, 2.24) is 19.8 Å². The Morgan fingerprint density at radius 2 is 2.16 bits per heavy atom. The van der Waals surface area contributed by atoms with Crippen molar-refractivity contribution in [3.05, 3.63) is 24.0 Å². The van der Waals surface area contributed by atoms with Crippen molar-refractivity contribution in [2.24, 2.45) is 7.05 Å². The summed E-state index contributed by atoms with van der Waals surface area (Å²) in [5, 5.41) is 4.28. The number of thioether (sulfide) groups is 1. The van der Waals surface area contributed by atoms with Gasteiger partial charge in [0.25, 0.3) is 0 Å². The molecule has 0 spiro atoms. The summed E-state index contributed by atoms with van der Waals surface area (Å²) >= 11 is 1.71. The van der Waals surface area contributed by atoms with Crippen LogP contribution in [0.2, 0.25) is 0 Å². The van der Waals surface area contributed by atoms with E-state index in [9.17, 15) is 4.39 Å². The molecule has 2 aromatic rings. The average Bonchev–Trinajstić information content (AvgIpc) is 2.74. The summed E-state index contributed by atoms with van der Waals surface area (Å²) in [5.41, 5.74) is 1.70. The molecule has 19 heavy (non-hydrogen) atoms. The summed E-state index contributed by atoms with van der Waals surface area (Å²) in [5.74, 6) is 0.700. The van der Waals surface area contributed by atoms with Gasteiger partial charge in [0.15, 0.2) is 5.16 Å². The van der Waals surface area contributed by atoms with Crippen LogP contribution < -0.4 is 5.32 Å². The smallest absolute Gasteiger partial charge is 0.170 e. The van der Waals surface area contributed by atoms with Gasteiger partial charge in [-0.25, -0.2) is 9.37 Å². The lowest BCUT2D eigenvalue weighted by Crippen LogP contribution is -2.43. The Labute approximate surface area is 116 Å². The number of rotatable bonds is 3. The lowest BCUT2D eigenvalue weighted by atomic mass is 10.3. The number of benzene rings is 1. The van der Waals surface area contributed by atoms with E-state index < -0.39 is 0 Å². The maximum atomic E-state index is 13.2. The third-order valence-corrected chi connectivity index (χ3v) is 4.51. The van der Waals surface area contributed by atoms with E-state index in [2.05, 4.69) is 15.2 Å². The topological polar surface area (TPSA) is 33.1 Å². The molecule has 0 atom stereocenters. The number of hydrogen-bond acceptors (Lipinski definition) is 4. The van der Waals surface area contributed by atoms with E-state index in [1.807, 2.05) is 11.6 Å². The van der Waals surface area contributed by atoms with E-state index in [-0.39, 0.29) is 5.82 Å². The molecule has 2 heterocycles. The molecule has 1 aromatic heterocycles. The number of hydrogen-bond donors (Lipinski definition) is 1. The van der Waals surface area contributed by atoms with E-state index >= 15 is 0 Å². The Balaban J connectivity index is 1.75. The van der Waals surface area contributed by atoms with Crippen LogP contribution in [0.15, 0.2) is 23.4 Å². The monoisotopic (exact) mass is 280 g/mol. The Kier molecular flexibility index (Phi) is 3.72. The molecule has 0 amide bonds. The van der Waals surface area contributed by atoms with Crippen molar-refractivity contribution in [2.75, 3.05) is 32.1 Å². The number of halogens is 1. The van der Waals surface area contributed by atoms with Gasteiger partial charge in [-0.1, -0.05) is 11.8 Å². The highest BCUT2D eigenvalue weighted by atomic mass is 32.2. The van der Waals surface area contributed by atoms with Gasteiger partial charge in [-0.15, -0.1) is 0 Å². The molecule has 1 N–H and O–H groups in total. The zero-order valence-electron chi connectivity index (χ0n) is 10.9. The zero-order valence-corrected chi connectivity index (χ0v) is 11.7. The first kappa shape index (κ1) is 12.9. The highest BCUT2D eigenvalue weighted by Crippen LogP contribution is 2.24. The molecule has 1 saturated heterocycles. The summed E-state index contributed by atoms with van der Waals surface area (Å²) in [6, 6.07) is 4.76. The SMILES string of the molecule is Cn1c(SCN2CCNCC2)nc2cc(F)ccc21. The summed E-state index contributed by atoms with van der Waals surface area (Å²) in [7, 11) is 1.98. The van der Waals surface area contributed by atoms with Crippen molar-refractivity contribution in [3.63, 3.8) is 0 Å². The predicted molar refractivity (Wildman–Crippen MR) is 75.8 cm³/mol.